The Morgan fingerprint density at radius 2 is 1.09 bits per heavy atom. The third-order valence-corrected chi connectivity index (χ3v) is 3.80. The lowest BCUT2D eigenvalue weighted by atomic mass is 10.2. The van der Waals surface area contributed by atoms with E-state index in [0.29, 0.717) is 6.61 Å². The quantitative estimate of drug-likeness (QED) is 0.145. The highest BCUT2D eigenvalue weighted by molar-refractivity contribution is 5.99. The van der Waals surface area contributed by atoms with E-state index in [4.69, 9.17) is 28.4 Å². The summed E-state index contributed by atoms with van der Waals surface area (Å²) in [7, 11) is 0. The molecule has 3 unspecified atom stereocenters. The minimum absolute atomic E-state index is 0.295. The van der Waals surface area contributed by atoms with E-state index in [0.717, 1.165) is 0 Å². The number of ketones is 2. The molecule has 0 rings (SSSR count). The zero-order valence-electron chi connectivity index (χ0n) is 19.7. The van der Waals surface area contributed by atoms with Gasteiger partial charge in [0.2, 0.25) is 0 Å². The summed E-state index contributed by atoms with van der Waals surface area (Å²) < 4.78 is 29.0. The molecule has 0 aliphatic rings. The van der Waals surface area contributed by atoms with Gasteiger partial charge in [0, 0.05) is 6.61 Å². The van der Waals surface area contributed by atoms with Gasteiger partial charge in [-0.1, -0.05) is 0 Å². The Morgan fingerprint density at radius 3 is 1.52 bits per heavy atom. The van der Waals surface area contributed by atoms with Gasteiger partial charge in [-0.25, -0.2) is 9.59 Å². The molecule has 33 heavy (non-hydrogen) atoms. The number of carbonyl (C=O) groups excluding carboxylic acids is 6. The summed E-state index contributed by atoms with van der Waals surface area (Å²) in [5.74, 6) is -3.93. The fourth-order valence-electron chi connectivity index (χ4n) is 2.07. The molecule has 12 nitrogen and oxygen atoms in total. The Morgan fingerprint density at radius 1 is 0.636 bits per heavy atom. The second-order valence-corrected chi connectivity index (χ2v) is 7.08. The maximum absolute atomic E-state index is 11.9. The van der Waals surface area contributed by atoms with Crippen molar-refractivity contribution in [3.8, 4) is 0 Å². The molecule has 0 spiro atoms. The van der Waals surface area contributed by atoms with Crippen LogP contribution in [0.2, 0.25) is 0 Å². The van der Waals surface area contributed by atoms with E-state index in [-0.39, 0.29) is 13.2 Å². The number of esters is 3. The summed E-state index contributed by atoms with van der Waals surface area (Å²) in [6.07, 6.45) is -5.99. The van der Waals surface area contributed by atoms with Crippen molar-refractivity contribution in [1.29, 1.82) is 0 Å². The zero-order chi connectivity index (χ0) is 25.6. The molecule has 0 aromatic rings. The van der Waals surface area contributed by atoms with Gasteiger partial charge in [0.1, 0.15) is 26.1 Å². The summed E-state index contributed by atoms with van der Waals surface area (Å²) in [5, 5.41) is 0. The van der Waals surface area contributed by atoms with Crippen LogP contribution in [-0.4, -0.2) is 79.9 Å². The van der Waals surface area contributed by atoms with E-state index in [1.807, 2.05) is 0 Å². The molecule has 0 aliphatic heterocycles. The second-order valence-electron chi connectivity index (χ2n) is 7.08. The largest absolute Gasteiger partial charge is 0.509 e. The number of carbonyl (C=O) groups is 6. The molecule has 0 aromatic carbocycles. The maximum atomic E-state index is 11.9. The van der Waals surface area contributed by atoms with Crippen LogP contribution in [-0.2, 0) is 52.4 Å². The first-order valence-corrected chi connectivity index (χ1v) is 10.4. The van der Waals surface area contributed by atoms with Crippen LogP contribution < -0.4 is 0 Å². The van der Waals surface area contributed by atoms with Crippen molar-refractivity contribution in [2.75, 3.05) is 19.8 Å². The Labute approximate surface area is 192 Å². The average molecular weight is 476 g/mol. The third kappa shape index (κ3) is 13.9. The van der Waals surface area contributed by atoms with Crippen molar-refractivity contribution in [2.45, 2.75) is 78.8 Å². The molecule has 0 bridgehead atoms. The predicted molar refractivity (Wildman–Crippen MR) is 110 cm³/mol. The highest BCUT2D eigenvalue weighted by Gasteiger charge is 2.25. The first-order chi connectivity index (χ1) is 15.4. The summed E-state index contributed by atoms with van der Waals surface area (Å²) in [6, 6.07) is 0. The van der Waals surface area contributed by atoms with Crippen molar-refractivity contribution < 1.29 is 57.2 Å². The van der Waals surface area contributed by atoms with Gasteiger partial charge in [0.15, 0.2) is 29.9 Å². The van der Waals surface area contributed by atoms with Gasteiger partial charge in [-0.05, 0) is 41.5 Å². The van der Waals surface area contributed by atoms with E-state index < -0.39 is 72.9 Å². The van der Waals surface area contributed by atoms with Gasteiger partial charge >= 0.3 is 24.1 Å². The van der Waals surface area contributed by atoms with Crippen LogP contribution in [0.3, 0.4) is 0 Å². The summed E-state index contributed by atoms with van der Waals surface area (Å²) in [6.45, 7) is 8.57. The van der Waals surface area contributed by atoms with E-state index >= 15 is 0 Å². The molecular formula is C21H32O12. The Kier molecular flexibility index (Phi) is 14.3. The number of hydrogen-bond acceptors (Lipinski definition) is 12. The number of ether oxygens (including phenoxy) is 6. The first-order valence-electron chi connectivity index (χ1n) is 10.4. The molecule has 188 valence electrons. The van der Waals surface area contributed by atoms with E-state index in [9.17, 15) is 28.8 Å². The molecule has 3 atom stereocenters. The molecule has 0 N–H and O–H groups in total. The van der Waals surface area contributed by atoms with Gasteiger partial charge in [0.25, 0.3) is 0 Å². The van der Waals surface area contributed by atoms with Crippen LogP contribution in [0.15, 0.2) is 0 Å². The molecule has 12 heteroatoms. The lowest BCUT2D eigenvalue weighted by molar-refractivity contribution is -0.165. The van der Waals surface area contributed by atoms with E-state index in [2.05, 4.69) is 0 Å². The lowest BCUT2D eigenvalue weighted by Gasteiger charge is -2.15. The van der Waals surface area contributed by atoms with Crippen molar-refractivity contribution in [3.63, 3.8) is 0 Å². The standard InChI is InChI=1S/C21H32O12/c1-7-28-15(6)20(26)32-13(4)16(22)10-18(24)29-8-9-30-19(25)11-17(23)14(5)33-21(27)31-12(2)3/h12-15H,7-11H2,1-6H3. The highest BCUT2D eigenvalue weighted by Crippen LogP contribution is 2.05. The smallest absolute Gasteiger partial charge is 0.462 e. The Hall–Kier alpha value is -3.02. The van der Waals surface area contributed by atoms with E-state index in [1.54, 1.807) is 20.8 Å². The van der Waals surface area contributed by atoms with Crippen molar-refractivity contribution in [1.82, 2.24) is 0 Å². The molecule has 0 aromatic heterocycles. The van der Waals surface area contributed by atoms with Crippen molar-refractivity contribution in [2.24, 2.45) is 0 Å². The van der Waals surface area contributed by atoms with Crippen LogP contribution in [0, 0.1) is 0 Å². The van der Waals surface area contributed by atoms with Crippen molar-refractivity contribution >= 4 is 35.6 Å². The summed E-state index contributed by atoms with van der Waals surface area (Å²) in [5.41, 5.74) is 0. The molecule has 0 saturated carbocycles. The molecular weight excluding hydrogens is 444 g/mol. The van der Waals surface area contributed by atoms with Gasteiger partial charge in [0.05, 0.1) is 6.10 Å². The fraction of sp³-hybridized carbons (Fsp3) is 0.714. The minimum atomic E-state index is -1.21. The Balaban J connectivity index is 4.16. The van der Waals surface area contributed by atoms with Crippen LogP contribution in [0.5, 0.6) is 0 Å². The van der Waals surface area contributed by atoms with Crippen LogP contribution in [0.25, 0.3) is 0 Å². The molecule has 0 radical (unpaired) electrons. The summed E-state index contributed by atoms with van der Waals surface area (Å²) in [4.78, 5) is 70.2. The van der Waals surface area contributed by atoms with Gasteiger partial charge in [-0.3, -0.25) is 19.2 Å². The van der Waals surface area contributed by atoms with Crippen molar-refractivity contribution in [3.05, 3.63) is 0 Å². The van der Waals surface area contributed by atoms with Crippen LogP contribution >= 0.6 is 0 Å². The van der Waals surface area contributed by atoms with Crippen LogP contribution in [0.1, 0.15) is 54.4 Å². The lowest BCUT2D eigenvalue weighted by Crippen LogP contribution is -2.32. The predicted octanol–water partition coefficient (Wildman–Crippen LogP) is 1.30. The fourth-order valence-corrected chi connectivity index (χ4v) is 2.07. The van der Waals surface area contributed by atoms with Crippen LogP contribution in [0.4, 0.5) is 4.79 Å². The van der Waals surface area contributed by atoms with Gasteiger partial charge in [-0.2, -0.15) is 0 Å². The average Bonchev–Trinajstić information content (AvgIpc) is 2.70. The molecule has 0 saturated heterocycles. The molecule has 0 heterocycles. The normalized spacial score (nSPS) is 13.3. The van der Waals surface area contributed by atoms with Gasteiger partial charge < -0.3 is 28.4 Å². The monoisotopic (exact) mass is 476 g/mol. The first kappa shape index (κ1) is 30.0. The third-order valence-electron chi connectivity index (χ3n) is 3.80. The highest BCUT2D eigenvalue weighted by atomic mass is 16.7. The SMILES string of the molecule is CCOC(C)C(=O)OC(C)C(=O)CC(=O)OCCOC(=O)CC(=O)C(C)OC(=O)OC(C)C. The molecule has 0 aliphatic carbocycles. The summed E-state index contributed by atoms with van der Waals surface area (Å²) >= 11 is 0. The molecule has 0 amide bonds. The maximum Gasteiger partial charge on any atom is 0.509 e. The topological polar surface area (TPSA) is 158 Å². The number of hydrogen-bond donors (Lipinski definition) is 0. The Bertz CT molecular complexity index is 699. The number of rotatable bonds is 15. The number of Topliss-reactive ketones (excluding diaryl/α,β-unsaturated/α-hetero) is 2. The zero-order valence-corrected chi connectivity index (χ0v) is 19.7. The van der Waals surface area contributed by atoms with E-state index in [1.165, 1.54) is 20.8 Å². The van der Waals surface area contributed by atoms with Gasteiger partial charge in [-0.15, -0.1) is 0 Å². The minimum Gasteiger partial charge on any atom is -0.462 e. The molecule has 0 fully saturated rings. The second kappa shape index (κ2) is 15.7.